The van der Waals surface area contributed by atoms with E-state index in [2.05, 4.69) is 4.40 Å². The van der Waals surface area contributed by atoms with Gasteiger partial charge in [0.1, 0.15) is 0 Å². The third kappa shape index (κ3) is 4.40. The van der Waals surface area contributed by atoms with Crippen LogP contribution in [0.1, 0.15) is 32.6 Å². The van der Waals surface area contributed by atoms with Crippen LogP contribution in [0.4, 0.5) is 0 Å². The largest absolute Gasteiger partial charge is 0.288 e. The predicted molar refractivity (Wildman–Crippen MR) is 126 cm³/mol. The van der Waals surface area contributed by atoms with Gasteiger partial charge in [0, 0.05) is 16.0 Å². The molecule has 0 N–H and O–H groups in total. The van der Waals surface area contributed by atoms with Crippen molar-refractivity contribution in [2.45, 2.75) is 30.6 Å². The van der Waals surface area contributed by atoms with E-state index in [4.69, 9.17) is 0 Å². The van der Waals surface area contributed by atoms with Crippen molar-refractivity contribution < 1.29 is 13.2 Å². The molecular weight excluding hydrogens is 426 g/mol. The van der Waals surface area contributed by atoms with Gasteiger partial charge in [-0.05, 0) is 50.6 Å². The molecule has 31 heavy (non-hydrogen) atoms. The van der Waals surface area contributed by atoms with Crippen LogP contribution in [-0.4, -0.2) is 19.9 Å². The molecule has 0 fully saturated rings. The maximum atomic E-state index is 13.1. The molecule has 3 aromatic carbocycles. The van der Waals surface area contributed by atoms with Gasteiger partial charge in [-0.25, -0.2) is 0 Å². The molecule has 0 aromatic heterocycles. The standard InChI is InChI=1S/C25H21NO3S2/c1-16-8-11-19(12-9-16)30-23-15-22(20-6-4-5-7-21(20)25(23)27)26-31(28,29)24-13-10-17(2)14-18(24)3/h4-15H,1-3H3/b26-22-. The molecule has 1 aliphatic rings. The van der Waals surface area contributed by atoms with Crippen LogP contribution in [-0.2, 0) is 10.0 Å². The van der Waals surface area contributed by atoms with Gasteiger partial charge in [-0.2, -0.15) is 12.8 Å². The third-order valence-electron chi connectivity index (χ3n) is 5.01. The smallest absolute Gasteiger partial charge is 0.283 e. The number of fused-ring (bicyclic) bond motifs is 1. The van der Waals surface area contributed by atoms with Crippen LogP contribution in [0.5, 0.6) is 0 Å². The number of Topliss-reactive ketones (excluding diaryl/α,β-unsaturated/α-hetero) is 1. The van der Waals surface area contributed by atoms with Crippen molar-refractivity contribution in [3.63, 3.8) is 0 Å². The fourth-order valence-corrected chi connectivity index (χ4v) is 5.57. The lowest BCUT2D eigenvalue weighted by Gasteiger charge is -2.17. The van der Waals surface area contributed by atoms with Gasteiger partial charge in [-0.1, -0.05) is 71.4 Å². The molecule has 0 aliphatic heterocycles. The van der Waals surface area contributed by atoms with Crippen LogP contribution >= 0.6 is 11.8 Å². The van der Waals surface area contributed by atoms with Gasteiger partial charge in [0.2, 0.25) is 0 Å². The average Bonchev–Trinajstić information content (AvgIpc) is 2.72. The van der Waals surface area contributed by atoms with E-state index in [1.54, 1.807) is 49.4 Å². The zero-order valence-electron chi connectivity index (χ0n) is 17.4. The van der Waals surface area contributed by atoms with Gasteiger partial charge >= 0.3 is 0 Å². The summed E-state index contributed by atoms with van der Waals surface area (Å²) in [6, 6.07) is 20.0. The van der Waals surface area contributed by atoms with E-state index in [-0.39, 0.29) is 16.4 Å². The Morgan fingerprint density at radius 1 is 0.806 bits per heavy atom. The van der Waals surface area contributed by atoms with Gasteiger partial charge in [0.25, 0.3) is 10.0 Å². The van der Waals surface area contributed by atoms with Crippen molar-refractivity contribution in [3.05, 3.63) is 106 Å². The summed E-state index contributed by atoms with van der Waals surface area (Å²) >= 11 is 1.31. The Bertz CT molecular complexity index is 1350. The zero-order valence-corrected chi connectivity index (χ0v) is 19.0. The lowest BCUT2D eigenvalue weighted by atomic mass is 9.94. The average molecular weight is 448 g/mol. The van der Waals surface area contributed by atoms with E-state index in [0.717, 1.165) is 16.0 Å². The maximum Gasteiger partial charge on any atom is 0.283 e. The molecule has 6 heteroatoms. The van der Waals surface area contributed by atoms with E-state index < -0.39 is 10.0 Å². The molecule has 0 saturated heterocycles. The molecule has 0 radical (unpaired) electrons. The first-order valence-corrected chi connectivity index (χ1v) is 12.0. The van der Waals surface area contributed by atoms with Crippen LogP contribution in [0.15, 0.2) is 91.9 Å². The van der Waals surface area contributed by atoms with Crippen molar-refractivity contribution in [2.75, 3.05) is 0 Å². The summed E-state index contributed by atoms with van der Waals surface area (Å²) in [4.78, 5) is 14.6. The van der Waals surface area contributed by atoms with Crippen molar-refractivity contribution >= 4 is 33.3 Å². The van der Waals surface area contributed by atoms with Crippen molar-refractivity contribution in [1.29, 1.82) is 0 Å². The number of sulfonamides is 1. The summed E-state index contributed by atoms with van der Waals surface area (Å²) in [5.74, 6) is -0.135. The Labute approximate surface area is 186 Å². The van der Waals surface area contributed by atoms with Gasteiger partial charge in [-0.15, -0.1) is 0 Å². The molecular formula is C25H21NO3S2. The second-order valence-electron chi connectivity index (χ2n) is 7.52. The summed E-state index contributed by atoms with van der Waals surface area (Å²) in [5.41, 5.74) is 3.99. The molecule has 4 nitrogen and oxygen atoms in total. The van der Waals surface area contributed by atoms with E-state index in [1.165, 1.54) is 11.8 Å². The van der Waals surface area contributed by atoms with Crippen molar-refractivity contribution in [2.24, 2.45) is 4.40 Å². The minimum absolute atomic E-state index is 0.135. The molecule has 156 valence electrons. The molecule has 0 amide bonds. The number of rotatable bonds is 4. The predicted octanol–water partition coefficient (Wildman–Crippen LogP) is 5.66. The number of hydrogen-bond donors (Lipinski definition) is 0. The summed E-state index contributed by atoms with van der Waals surface area (Å²) in [6.07, 6.45) is 1.58. The van der Waals surface area contributed by atoms with Crippen LogP contribution in [0.3, 0.4) is 0 Å². The highest BCUT2D eigenvalue weighted by Crippen LogP contribution is 2.34. The molecule has 3 aromatic rings. The molecule has 0 spiro atoms. The molecule has 0 bridgehead atoms. The van der Waals surface area contributed by atoms with E-state index in [0.29, 0.717) is 21.6 Å². The highest BCUT2D eigenvalue weighted by atomic mass is 32.2. The number of benzene rings is 3. The first-order valence-electron chi connectivity index (χ1n) is 9.77. The second-order valence-corrected chi connectivity index (χ2v) is 10.2. The van der Waals surface area contributed by atoms with Crippen molar-refractivity contribution in [3.8, 4) is 0 Å². The van der Waals surface area contributed by atoms with Crippen LogP contribution in [0.25, 0.3) is 0 Å². The number of aryl methyl sites for hydroxylation is 3. The Hall–Kier alpha value is -2.96. The van der Waals surface area contributed by atoms with Gasteiger partial charge < -0.3 is 0 Å². The SMILES string of the molecule is Cc1ccc(SC2=C/C(=N/S(=O)(=O)c3ccc(C)cc3C)c3ccccc3C2=O)cc1. The quantitative estimate of drug-likeness (QED) is 0.517. The number of hydrogen-bond acceptors (Lipinski definition) is 4. The van der Waals surface area contributed by atoms with Crippen LogP contribution < -0.4 is 0 Å². The Morgan fingerprint density at radius 2 is 1.45 bits per heavy atom. The Morgan fingerprint density at radius 3 is 2.13 bits per heavy atom. The lowest BCUT2D eigenvalue weighted by Crippen LogP contribution is -2.17. The minimum atomic E-state index is -3.95. The van der Waals surface area contributed by atoms with E-state index >= 15 is 0 Å². The molecule has 4 rings (SSSR count). The number of carbonyl (C=O) groups excluding carboxylic acids is 1. The first kappa shape index (κ1) is 21.3. The molecule has 0 atom stereocenters. The van der Waals surface area contributed by atoms with Crippen LogP contribution in [0.2, 0.25) is 0 Å². The summed E-state index contributed by atoms with van der Waals surface area (Å²) < 4.78 is 30.4. The number of allylic oxidation sites excluding steroid dienone is 2. The normalized spacial score (nSPS) is 15.0. The van der Waals surface area contributed by atoms with E-state index in [9.17, 15) is 13.2 Å². The fraction of sp³-hybridized carbons (Fsp3) is 0.120. The number of ketones is 1. The van der Waals surface area contributed by atoms with Crippen LogP contribution in [0, 0.1) is 20.8 Å². The van der Waals surface area contributed by atoms with Gasteiger partial charge in [0.15, 0.2) is 5.78 Å². The monoisotopic (exact) mass is 447 g/mol. The second kappa shape index (κ2) is 8.29. The molecule has 0 saturated carbocycles. The number of thioether (sulfide) groups is 1. The Kier molecular flexibility index (Phi) is 5.69. The minimum Gasteiger partial charge on any atom is -0.288 e. The summed E-state index contributed by atoms with van der Waals surface area (Å²) in [7, 11) is -3.95. The molecule has 0 heterocycles. The number of carbonyl (C=O) groups is 1. The van der Waals surface area contributed by atoms with E-state index in [1.807, 2.05) is 44.2 Å². The summed E-state index contributed by atoms with van der Waals surface area (Å²) in [5, 5.41) is 0. The van der Waals surface area contributed by atoms with Gasteiger partial charge in [0.05, 0.1) is 15.5 Å². The fourth-order valence-electron chi connectivity index (χ4n) is 3.46. The number of nitrogens with zero attached hydrogens (tertiary/aromatic N) is 1. The molecule has 1 aliphatic carbocycles. The zero-order chi connectivity index (χ0) is 22.2. The van der Waals surface area contributed by atoms with Crippen molar-refractivity contribution in [1.82, 2.24) is 0 Å². The highest BCUT2D eigenvalue weighted by Gasteiger charge is 2.27. The Balaban J connectivity index is 1.82. The molecule has 0 unspecified atom stereocenters. The lowest BCUT2D eigenvalue weighted by molar-refractivity contribution is 0.104. The maximum absolute atomic E-state index is 13.1. The van der Waals surface area contributed by atoms with Gasteiger partial charge in [-0.3, -0.25) is 4.79 Å². The third-order valence-corrected chi connectivity index (χ3v) is 7.50. The highest BCUT2D eigenvalue weighted by molar-refractivity contribution is 8.04. The topological polar surface area (TPSA) is 63.6 Å². The summed E-state index contributed by atoms with van der Waals surface area (Å²) in [6.45, 7) is 5.67. The first-order chi connectivity index (χ1) is 14.7.